The maximum Gasteiger partial charge on any atom is 0.408 e. The van der Waals surface area contributed by atoms with Gasteiger partial charge in [-0.25, -0.2) is 9.18 Å². The molecule has 2 N–H and O–H groups in total. The maximum atomic E-state index is 13.4. The minimum absolute atomic E-state index is 0.0803. The number of carbonyl (C=O) groups excluding carboxylic acids is 2. The molecule has 0 fully saturated rings. The van der Waals surface area contributed by atoms with Crippen molar-refractivity contribution in [3.63, 3.8) is 0 Å². The molecule has 2 aromatic carbocycles. The highest BCUT2D eigenvalue weighted by molar-refractivity contribution is 5.87. The van der Waals surface area contributed by atoms with Crippen LogP contribution in [0.15, 0.2) is 48.5 Å². The van der Waals surface area contributed by atoms with Gasteiger partial charge in [0.25, 0.3) is 0 Å². The van der Waals surface area contributed by atoms with Crippen LogP contribution in [-0.4, -0.2) is 23.6 Å². The minimum Gasteiger partial charge on any atom is -0.444 e. The average molecular weight is 398 g/mol. The molecule has 5 nitrogen and oxygen atoms in total. The molecule has 1 aliphatic rings. The quantitative estimate of drug-likeness (QED) is 0.810. The molecule has 2 amide bonds. The number of fused-ring (bicyclic) bond motifs is 1. The molecular formula is C23H27FN2O3. The van der Waals surface area contributed by atoms with E-state index >= 15 is 0 Å². The molecule has 0 saturated heterocycles. The van der Waals surface area contributed by atoms with Gasteiger partial charge in [-0.05, 0) is 56.0 Å². The first-order chi connectivity index (χ1) is 13.6. The highest BCUT2D eigenvalue weighted by Crippen LogP contribution is 2.33. The van der Waals surface area contributed by atoms with E-state index in [2.05, 4.69) is 29.7 Å². The van der Waals surface area contributed by atoms with Crippen molar-refractivity contribution in [1.82, 2.24) is 10.6 Å². The molecule has 3 atom stereocenters. The summed E-state index contributed by atoms with van der Waals surface area (Å²) in [6.07, 6.45) is 0.0239. The van der Waals surface area contributed by atoms with E-state index in [1.165, 1.54) is 35.4 Å². The topological polar surface area (TPSA) is 67.4 Å². The van der Waals surface area contributed by atoms with Crippen molar-refractivity contribution in [2.45, 2.75) is 57.7 Å². The SMILES string of the molecule is C[C@@H]1c2ccccc2C[C@H]1NC(=O)C(NC(=O)OC(C)(C)C)c1ccc(F)cc1. The summed E-state index contributed by atoms with van der Waals surface area (Å²) in [5.74, 6) is -0.609. The Morgan fingerprint density at radius 3 is 2.38 bits per heavy atom. The summed E-state index contributed by atoms with van der Waals surface area (Å²) in [5.41, 5.74) is 2.22. The number of nitrogens with one attached hydrogen (secondary N) is 2. The summed E-state index contributed by atoms with van der Waals surface area (Å²) in [7, 11) is 0. The van der Waals surface area contributed by atoms with E-state index in [9.17, 15) is 14.0 Å². The number of benzene rings is 2. The second kappa shape index (κ2) is 8.23. The second-order valence-electron chi connectivity index (χ2n) is 8.44. The lowest BCUT2D eigenvalue weighted by Crippen LogP contribution is -2.46. The van der Waals surface area contributed by atoms with Crippen LogP contribution in [-0.2, 0) is 16.0 Å². The summed E-state index contributed by atoms with van der Waals surface area (Å²) in [6, 6.07) is 12.6. The van der Waals surface area contributed by atoms with E-state index < -0.39 is 23.6 Å². The standard InChI is InChI=1S/C23H27FN2O3/c1-14-18-8-6-5-7-16(18)13-19(14)25-21(27)20(15-9-11-17(24)12-10-15)26-22(28)29-23(2,3)4/h5-12,14,19-20H,13H2,1-4H3,(H,25,27)(H,26,28)/t14-,19-,20?/m1/s1. The third-order valence-corrected chi connectivity index (χ3v) is 5.04. The zero-order valence-corrected chi connectivity index (χ0v) is 17.2. The predicted molar refractivity (Wildman–Crippen MR) is 109 cm³/mol. The Morgan fingerprint density at radius 2 is 1.76 bits per heavy atom. The van der Waals surface area contributed by atoms with Gasteiger partial charge in [-0.3, -0.25) is 4.79 Å². The first-order valence-corrected chi connectivity index (χ1v) is 9.77. The molecule has 0 heterocycles. The first kappa shape index (κ1) is 20.8. The predicted octanol–water partition coefficient (Wildman–Crippen LogP) is 4.24. The molecule has 1 unspecified atom stereocenters. The Morgan fingerprint density at radius 1 is 1.10 bits per heavy atom. The third kappa shape index (κ3) is 5.13. The Bertz CT molecular complexity index is 890. The Labute approximate surface area is 170 Å². The first-order valence-electron chi connectivity index (χ1n) is 9.77. The lowest BCUT2D eigenvalue weighted by molar-refractivity contribution is -0.124. The lowest BCUT2D eigenvalue weighted by atomic mass is 10.00. The molecule has 3 rings (SSSR count). The van der Waals surface area contributed by atoms with Gasteiger partial charge in [-0.2, -0.15) is 0 Å². The molecule has 0 aromatic heterocycles. The molecule has 1 aliphatic carbocycles. The van der Waals surface area contributed by atoms with E-state index in [1.54, 1.807) is 20.8 Å². The van der Waals surface area contributed by atoms with Crippen LogP contribution >= 0.6 is 0 Å². The van der Waals surface area contributed by atoms with Crippen molar-refractivity contribution in [2.75, 3.05) is 0 Å². The smallest absolute Gasteiger partial charge is 0.408 e. The van der Waals surface area contributed by atoms with Gasteiger partial charge in [-0.15, -0.1) is 0 Å². The van der Waals surface area contributed by atoms with Crippen molar-refractivity contribution in [2.24, 2.45) is 0 Å². The van der Waals surface area contributed by atoms with Gasteiger partial charge in [0.1, 0.15) is 17.5 Å². The summed E-state index contributed by atoms with van der Waals surface area (Å²) < 4.78 is 18.7. The van der Waals surface area contributed by atoms with Crippen LogP contribution in [0.4, 0.5) is 9.18 Å². The van der Waals surface area contributed by atoms with Crippen molar-refractivity contribution >= 4 is 12.0 Å². The van der Waals surface area contributed by atoms with E-state index in [0.717, 1.165) is 6.42 Å². The van der Waals surface area contributed by atoms with Crippen molar-refractivity contribution < 1.29 is 18.7 Å². The lowest BCUT2D eigenvalue weighted by Gasteiger charge is -2.25. The van der Waals surface area contributed by atoms with E-state index in [0.29, 0.717) is 5.56 Å². The minimum atomic E-state index is -0.985. The summed E-state index contributed by atoms with van der Waals surface area (Å²) in [4.78, 5) is 25.4. The van der Waals surface area contributed by atoms with E-state index in [-0.39, 0.29) is 17.9 Å². The van der Waals surface area contributed by atoms with Crippen molar-refractivity contribution in [3.8, 4) is 0 Å². The van der Waals surface area contributed by atoms with Crippen LogP contribution in [0.3, 0.4) is 0 Å². The Hall–Kier alpha value is -2.89. The highest BCUT2D eigenvalue weighted by atomic mass is 19.1. The van der Waals surface area contributed by atoms with Crippen molar-refractivity contribution in [3.05, 3.63) is 71.0 Å². The Kier molecular flexibility index (Phi) is 5.91. The summed E-state index contributed by atoms with van der Waals surface area (Å²) >= 11 is 0. The van der Waals surface area contributed by atoms with Crippen LogP contribution in [0.2, 0.25) is 0 Å². The monoisotopic (exact) mass is 398 g/mol. The normalized spacial score (nSPS) is 19.2. The van der Waals surface area contributed by atoms with Crippen molar-refractivity contribution in [1.29, 1.82) is 0 Å². The zero-order chi connectivity index (χ0) is 21.2. The molecule has 29 heavy (non-hydrogen) atoms. The van der Waals surface area contributed by atoms with Gasteiger partial charge in [0.2, 0.25) is 5.91 Å². The molecule has 0 aliphatic heterocycles. The van der Waals surface area contributed by atoms with Crippen LogP contribution in [0.25, 0.3) is 0 Å². The molecule has 2 aromatic rings. The number of ether oxygens (including phenoxy) is 1. The molecular weight excluding hydrogens is 371 g/mol. The number of alkyl carbamates (subject to hydrolysis) is 1. The van der Waals surface area contributed by atoms with Gasteiger partial charge < -0.3 is 15.4 Å². The van der Waals surface area contributed by atoms with Gasteiger partial charge in [-0.1, -0.05) is 43.3 Å². The molecule has 0 spiro atoms. The van der Waals surface area contributed by atoms with Gasteiger partial charge in [0.05, 0.1) is 0 Å². The maximum absolute atomic E-state index is 13.4. The fraction of sp³-hybridized carbons (Fsp3) is 0.391. The van der Waals surface area contributed by atoms with Gasteiger partial charge in [0, 0.05) is 12.0 Å². The number of amides is 2. The largest absolute Gasteiger partial charge is 0.444 e. The Balaban J connectivity index is 1.77. The van der Waals surface area contributed by atoms with E-state index in [4.69, 9.17) is 4.74 Å². The fourth-order valence-electron chi connectivity index (χ4n) is 3.62. The summed E-state index contributed by atoms with van der Waals surface area (Å²) in [5, 5.41) is 5.68. The van der Waals surface area contributed by atoms with Crippen LogP contribution < -0.4 is 10.6 Å². The van der Waals surface area contributed by atoms with Crippen LogP contribution in [0, 0.1) is 5.82 Å². The van der Waals surface area contributed by atoms with Gasteiger partial charge in [0.15, 0.2) is 0 Å². The zero-order valence-electron chi connectivity index (χ0n) is 17.2. The molecule has 154 valence electrons. The van der Waals surface area contributed by atoms with Crippen LogP contribution in [0.1, 0.15) is 56.3 Å². The number of hydrogen-bond donors (Lipinski definition) is 2. The molecule has 6 heteroatoms. The molecule has 0 bridgehead atoms. The summed E-state index contributed by atoms with van der Waals surface area (Å²) in [6.45, 7) is 7.32. The number of rotatable bonds is 4. The van der Waals surface area contributed by atoms with E-state index in [1.807, 2.05) is 12.1 Å². The highest BCUT2D eigenvalue weighted by Gasteiger charge is 2.33. The number of hydrogen-bond acceptors (Lipinski definition) is 3. The molecule has 0 saturated carbocycles. The molecule has 0 radical (unpaired) electrons. The van der Waals surface area contributed by atoms with Crippen LogP contribution in [0.5, 0.6) is 0 Å². The fourth-order valence-corrected chi connectivity index (χ4v) is 3.62. The number of carbonyl (C=O) groups is 2. The number of halogens is 1. The third-order valence-electron chi connectivity index (χ3n) is 5.04. The second-order valence-corrected chi connectivity index (χ2v) is 8.44. The average Bonchev–Trinajstić information content (AvgIpc) is 2.95. The van der Waals surface area contributed by atoms with Gasteiger partial charge >= 0.3 is 6.09 Å².